The molecule has 78 valence electrons. The molecule has 0 aliphatic heterocycles. The summed E-state index contributed by atoms with van der Waals surface area (Å²) >= 11 is 0. The summed E-state index contributed by atoms with van der Waals surface area (Å²) in [6, 6.07) is 4.30. The van der Waals surface area contributed by atoms with Gasteiger partial charge in [0.15, 0.2) is 0 Å². The molecule has 0 aromatic carbocycles. The Bertz CT molecular complexity index is 267. The molecule has 0 atom stereocenters. The Morgan fingerprint density at radius 3 is 2.50 bits per heavy atom. The van der Waals surface area contributed by atoms with Gasteiger partial charge in [-0.25, -0.2) is 0 Å². The minimum absolute atomic E-state index is 0.973. The quantitative estimate of drug-likeness (QED) is 0.712. The second-order valence-electron chi connectivity index (χ2n) is 3.47. The second-order valence-corrected chi connectivity index (χ2v) is 3.47. The Labute approximate surface area is 87.0 Å². The van der Waals surface area contributed by atoms with Gasteiger partial charge >= 0.3 is 0 Å². The second kappa shape index (κ2) is 5.76. The van der Waals surface area contributed by atoms with Crippen LogP contribution in [0, 0.1) is 0 Å². The van der Waals surface area contributed by atoms with Gasteiger partial charge in [-0.3, -0.25) is 9.88 Å². The van der Waals surface area contributed by atoms with Crippen LogP contribution in [0.15, 0.2) is 18.3 Å². The van der Waals surface area contributed by atoms with Crippen molar-refractivity contribution < 1.29 is 0 Å². The van der Waals surface area contributed by atoms with Crippen LogP contribution in [0.4, 0.5) is 0 Å². The molecule has 0 N–H and O–H groups in total. The molecule has 0 saturated carbocycles. The summed E-state index contributed by atoms with van der Waals surface area (Å²) in [6.45, 7) is 9.71. The third kappa shape index (κ3) is 3.11. The largest absolute Gasteiger partial charge is 0.298 e. The highest BCUT2D eigenvalue weighted by molar-refractivity contribution is 5.16. The minimum Gasteiger partial charge on any atom is -0.298 e. The van der Waals surface area contributed by atoms with Crippen molar-refractivity contribution in [2.75, 3.05) is 13.1 Å². The van der Waals surface area contributed by atoms with Crippen LogP contribution in [0.2, 0.25) is 0 Å². The van der Waals surface area contributed by atoms with Crippen LogP contribution in [-0.2, 0) is 13.0 Å². The van der Waals surface area contributed by atoms with Gasteiger partial charge in [-0.1, -0.05) is 20.8 Å². The van der Waals surface area contributed by atoms with E-state index < -0.39 is 0 Å². The van der Waals surface area contributed by atoms with Crippen LogP contribution in [0.25, 0.3) is 0 Å². The van der Waals surface area contributed by atoms with Crippen molar-refractivity contribution in [3.63, 3.8) is 0 Å². The van der Waals surface area contributed by atoms with E-state index in [0.29, 0.717) is 0 Å². The lowest BCUT2D eigenvalue weighted by Gasteiger charge is -2.17. The zero-order valence-corrected chi connectivity index (χ0v) is 9.45. The van der Waals surface area contributed by atoms with Gasteiger partial charge in [-0.05, 0) is 37.2 Å². The van der Waals surface area contributed by atoms with Gasteiger partial charge in [0.25, 0.3) is 0 Å². The molecule has 0 aliphatic rings. The van der Waals surface area contributed by atoms with Crippen LogP contribution < -0.4 is 0 Å². The molecule has 0 radical (unpaired) electrons. The van der Waals surface area contributed by atoms with Crippen molar-refractivity contribution in [3.8, 4) is 0 Å². The van der Waals surface area contributed by atoms with E-state index in [4.69, 9.17) is 0 Å². The number of rotatable bonds is 5. The van der Waals surface area contributed by atoms with E-state index in [-0.39, 0.29) is 0 Å². The van der Waals surface area contributed by atoms with Gasteiger partial charge in [0.05, 0.1) is 5.69 Å². The molecule has 2 heteroatoms. The Kier molecular flexibility index (Phi) is 4.60. The van der Waals surface area contributed by atoms with E-state index in [2.05, 4.69) is 42.8 Å². The van der Waals surface area contributed by atoms with E-state index >= 15 is 0 Å². The topological polar surface area (TPSA) is 16.1 Å². The normalized spacial score (nSPS) is 10.9. The minimum atomic E-state index is 0.973. The maximum absolute atomic E-state index is 4.38. The first-order chi connectivity index (χ1) is 6.80. The average molecular weight is 192 g/mol. The van der Waals surface area contributed by atoms with Gasteiger partial charge < -0.3 is 0 Å². The fourth-order valence-electron chi connectivity index (χ4n) is 1.51. The van der Waals surface area contributed by atoms with Crippen molar-refractivity contribution in [2.24, 2.45) is 0 Å². The molecule has 1 aromatic heterocycles. The van der Waals surface area contributed by atoms with E-state index in [0.717, 1.165) is 26.1 Å². The molecule has 0 saturated heterocycles. The number of hydrogen-bond donors (Lipinski definition) is 0. The third-order valence-electron chi connectivity index (χ3n) is 2.57. The van der Waals surface area contributed by atoms with Crippen LogP contribution in [-0.4, -0.2) is 23.0 Å². The molecule has 14 heavy (non-hydrogen) atoms. The molecule has 1 heterocycles. The highest BCUT2D eigenvalue weighted by Crippen LogP contribution is 2.05. The number of pyridine rings is 1. The molecule has 2 nitrogen and oxygen atoms in total. The number of aromatic nitrogens is 1. The first-order valence-electron chi connectivity index (χ1n) is 5.46. The van der Waals surface area contributed by atoms with Crippen LogP contribution >= 0.6 is 0 Å². The van der Waals surface area contributed by atoms with E-state index in [1.165, 1.54) is 11.3 Å². The third-order valence-corrected chi connectivity index (χ3v) is 2.57. The highest BCUT2D eigenvalue weighted by atomic mass is 15.1. The maximum atomic E-state index is 4.38. The lowest BCUT2D eigenvalue weighted by Crippen LogP contribution is -2.22. The van der Waals surface area contributed by atoms with Crippen LogP contribution in [0.1, 0.15) is 32.0 Å². The summed E-state index contributed by atoms with van der Waals surface area (Å²) in [7, 11) is 0. The van der Waals surface area contributed by atoms with Crippen molar-refractivity contribution >= 4 is 0 Å². The molecule has 0 fully saturated rings. The molecule has 1 aromatic rings. The summed E-state index contributed by atoms with van der Waals surface area (Å²) in [5.74, 6) is 0. The Morgan fingerprint density at radius 1 is 1.21 bits per heavy atom. The lowest BCUT2D eigenvalue weighted by molar-refractivity contribution is 0.292. The fraction of sp³-hybridized carbons (Fsp3) is 0.583. The van der Waals surface area contributed by atoms with Crippen molar-refractivity contribution in [1.29, 1.82) is 0 Å². The van der Waals surface area contributed by atoms with E-state index in [9.17, 15) is 0 Å². The Morgan fingerprint density at radius 2 is 1.93 bits per heavy atom. The van der Waals surface area contributed by atoms with Gasteiger partial charge in [0.2, 0.25) is 0 Å². The number of aryl methyl sites for hydroxylation is 1. The maximum Gasteiger partial charge on any atom is 0.0546 e. The molecule has 1 rings (SSSR count). The van der Waals surface area contributed by atoms with Crippen molar-refractivity contribution in [1.82, 2.24) is 9.88 Å². The standard InChI is InChI=1S/C12H20N2/c1-4-11-7-8-13-12(9-11)10-14(5-2)6-3/h7-9H,4-6,10H2,1-3H3. The van der Waals surface area contributed by atoms with Crippen molar-refractivity contribution in [3.05, 3.63) is 29.6 Å². The molecular weight excluding hydrogens is 172 g/mol. The Balaban J connectivity index is 2.65. The smallest absolute Gasteiger partial charge is 0.0546 e. The summed E-state index contributed by atoms with van der Waals surface area (Å²) in [5, 5.41) is 0. The van der Waals surface area contributed by atoms with Gasteiger partial charge in [0, 0.05) is 12.7 Å². The van der Waals surface area contributed by atoms with Gasteiger partial charge in [0.1, 0.15) is 0 Å². The molecule has 0 amide bonds. The van der Waals surface area contributed by atoms with E-state index in [1.54, 1.807) is 0 Å². The van der Waals surface area contributed by atoms with Crippen LogP contribution in [0.3, 0.4) is 0 Å². The average Bonchev–Trinajstić information content (AvgIpc) is 2.26. The van der Waals surface area contributed by atoms with Crippen molar-refractivity contribution in [2.45, 2.75) is 33.7 Å². The monoisotopic (exact) mass is 192 g/mol. The van der Waals surface area contributed by atoms with Gasteiger partial charge in [-0.15, -0.1) is 0 Å². The SMILES string of the molecule is CCc1ccnc(CN(CC)CC)c1. The highest BCUT2D eigenvalue weighted by Gasteiger charge is 2.02. The molecule has 0 spiro atoms. The molecule has 0 unspecified atom stereocenters. The molecular formula is C12H20N2. The first-order valence-corrected chi connectivity index (χ1v) is 5.46. The predicted octanol–water partition coefficient (Wildman–Crippen LogP) is 2.49. The zero-order chi connectivity index (χ0) is 10.4. The lowest BCUT2D eigenvalue weighted by atomic mass is 10.2. The summed E-state index contributed by atoms with van der Waals surface area (Å²) < 4.78 is 0. The number of nitrogens with zero attached hydrogens (tertiary/aromatic N) is 2. The number of hydrogen-bond acceptors (Lipinski definition) is 2. The predicted molar refractivity (Wildman–Crippen MR) is 60.2 cm³/mol. The van der Waals surface area contributed by atoms with Gasteiger partial charge in [-0.2, -0.15) is 0 Å². The summed E-state index contributed by atoms with van der Waals surface area (Å²) in [6.07, 6.45) is 3.01. The molecule has 0 bridgehead atoms. The van der Waals surface area contributed by atoms with Crippen LogP contribution in [0.5, 0.6) is 0 Å². The zero-order valence-electron chi connectivity index (χ0n) is 9.45. The summed E-state index contributed by atoms with van der Waals surface area (Å²) in [5.41, 5.74) is 2.57. The first kappa shape index (κ1) is 11.2. The van der Waals surface area contributed by atoms with E-state index in [1.807, 2.05) is 6.20 Å². The fourth-order valence-corrected chi connectivity index (χ4v) is 1.51. The summed E-state index contributed by atoms with van der Waals surface area (Å²) in [4.78, 5) is 6.76. The molecule has 0 aliphatic carbocycles. The Hall–Kier alpha value is -0.890.